The molecule has 0 aliphatic rings. The molecule has 0 spiro atoms. The van der Waals surface area contributed by atoms with Gasteiger partial charge in [0.2, 0.25) is 0 Å². The number of carbonyl (C=O) groups is 3. The topological polar surface area (TPSA) is 89.9 Å². The monoisotopic (exact) mass is 232 g/mol. The first-order chi connectivity index (χ1) is 7.29. The summed E-state index contributed by atoms with van der Waals surface area (Å²) in [6, 6.07) is 0. The average molecular weight is 232 g/mol. The van der Waals surface area contributed by atoms with Crippen molar-refractivity contribution in [3.8, 4) is 0 Å². The van der Waals surface area contributed by atoms with Crippen LogP contribution in [0.1, 0.15) is 20.3 Å². The first-order valence-corrected chi connectivity index (χ1v) is 4.65. The Kier molecular flexibility index (Phi) is 5.10. The van der Waals surface area contributed by atoms with Crippen LogP contribution in [0, 0.1) is 5.92 Å². The summed E-state index contributed by atoms with van der Waals surface area (Å²) in [6.45, 7) is 2.61. The van der Waals surface area contributed by atoms with Gasteiger partial charge in [-0.3, -0.25) is 14.4 Å². The van der Waals surface area contributed by atoms with E-state index in [4.69, 9.17) is 9.84 Å². The van der Waals surface area contributed by atoms with Crippen molar-refractivity contribution in [3.05, 3.63) is 0 Å². The number of carbonyl (C=O) groups excluding carboxylic acids is 2. The summed E-state index contributed by atoms with van der Waals surface area (Å²) in [5, 5.41) is 8.69. The molecule has 0 heterocycles. The predicted octanol–water partition coefficient (Wildman–Crippen LogP) is 0.244. The second-order valence-corrected chi connectivity index (χ2v) is 3.54. The summed E-state index contributed by atoms with van der Waals surface area (Å²) in [5.41, 5.74) is -1.48. The molecular weight excluding hydrogens is 216 g/mol. The number of hydrogen-bond acceptors (Lipinski definition) is 5. The fourth-order valence-corrected chi connectivity index (χ4v) is 1.35. The maximum atomic E-state index is 11.4. The van der Waals surface area contributed by atoms with Gasteiger partial charge in [-0.1, -0.05) is 0 Å². The van der Waals surface area contributed by atoms with Crippen molar-refractivity contribution in [3.63, 3.8) is 0 Å². The highest BCUT2D eigenvalue weighted by atomic mass is 16.5. The lowest BCUT2D eigenvalue weighted by Crippen LogP contribution is -2.48. The summed E-state index contributed by atoms with van der Waals surface area (Å²) >= 11 is 0. The zero-order valence-corrected chi connectivity index (χ0v) is 9.77. The molecule has 0 fully saturated rings. The van der Waals surface area contributed by atoms with Gasteiger partial charge in [0.15, 0.2) is 5.78 Å². The summed E-state index contributed by atoms with van der Waals surface area (Å²) < 4.78 is 9.45. The Balaban J connectivity index is 5.20. The SMILES string of the molecule is COC(=O)C(CC(=O)O)C(C)(OC)C(C)=O. The van der Waals surface area contributed by atoms with E-state index in [1.54, 1.807) is 0 Å². The van der Waals surface area contributed by atoms with E-state index < -0.39 is 35.7 Å². The normalized spacial score (nSPS) is 16.0. The predicted molar refractivity (Wildman–Crippen MR) is 53.9 cm³/mol. The van der Waals surface area contributed by atoms with E-state index in [0.29, 0.717) is 0 Å². The third-order valence-electron chi connectivity index (χ3n) is 2.65. The van der Waals surface area contributed by atoms with Gasteiger partial charge in [-0.15, -0.1) is 0 Å². The van der Waals surface area contributed by atoms with Gasteiger partial charge in [0.05, 0.1) is 13.5 Å². The van der Waals surface area contributed by atoms with Crippen molar-refractivity contribution >= 4 is 17.7 Å². The molecule has 2 unspecified atom stereocenters. The van der Waals surface area contributed by atoms with Crippen LogP contribution in [0.4, 0.5) is 0 Å². The van der Waals surface area contributed by atoms with E-state index in [9.17, 15) is 14.4 Å². The fraction of sp³-hybridized carbons (Fsp3) is 0.700. The van der Waals surface area contributed by atoms with Crippen LogP contribution in [0.2, 0.25) is 0 Å². The van der Waals surface area contributed by atoms with Crippen molar-refractivity contribution in [1.82, 2.24) is 0 Å². The van der Waals surface area contributed by atoms with E-state index in [2.05, 4.69) is 4.74 Å². The van der Waals surface area contributed by atoms with Crippen LogP contribution in [0.15, 0.2) is 0 Å². The van der Waals surface area contributed by atoms with E-state index in [1.165, 1.54) is 21.0 Å². The fourth-order valence-electron chi connectivity index (χ4n) is 1.35. The third-order valence-corrected chi connectivity index (χ3v) is 2.65. The maximum Gasteiger partial charge on any atom is 0.312 e. The molecule has 0 aromatic heterocycles. The van der Waals surface area contributed by atoms with Crippen LogP contribution < -0.4 is 0 Å². The number of Topliss-reactive ketones (excluding diaryl/α,β-unsaturated/α-hetero) is 1. The minimum atomic E-state index is -1.48. The molecule has 0 rings (SSSR count). The Morgan fingerprint density at radius 3 is 2.06 bits per heavy atom. The molecule has 6 nitrogen and oxygen atoms in total. The Hall–Kier alpha value is -1.43. The number of carboxylic acid groups (broad SMARTS) is 1. The number of esters is 1. The van der Waals surface area contributed by atoms with Crippen LogP contribution in [0.5, 0.6) is 0 Å². The highest BCUT2D eigenvalue weighted by Gasteiger charge is 2.45. The van der Waals surface area contributed by atoms with Gasteiger partial charge in [-0.25, -0.2) is 0 Å². The highest BCUT2D eigenvalue weighted by molar-refractivity contribution is 5.92. The smallest absolute Gasteiger partial charge is 0.312 e. The second kappa shape index (κ2) is 5.60. The van der Waals surface area contributed by atoms with Gasteiger partial charge >= 0.3 is 11.9 Å². The Morgan fingerprint density at radius 2 is 1.81 bits per heavy atom. The minimum absolute atomic E-state index is 0.424. The number of hydrogen-bond donors (Lipinski definition) is 1. The van der Waals surface area contributed by atoms with E-state index in [1.807, 2.05) is 0 Å². The minimum Gasteiger partial charge on any atom is -0.481 e. The number of carboxylic acids is 1. The zero-order valence-electron chi connectivity index (χ0n) is 9.77. The number of ketones is 1. The molecule has 6 heteroatoms. The Bertz CT molecular complexity index is 298. The lowest BCUT2D eigenvalue weighted by molar-refractivity contribution is -0.168. The van der Waals surface area contributed by atoms with Crippen molar-refractivity contribution < 1.29 is 29.0 Å². The Labute approximate surface area is 93.5 Å². The van der Waals surface area contributed by atoms with Crippen LogP contribution in [0.25, 0.3) is 0 Å². The lowest BCUT2D eigenvalue weighted by atomic mass is 9.83. The van der Waals surface area contributed by atoms with Gasteiger partial charge in [-0.2, -0.15) is 0 Å². The molecule has 0 saturated heterocycles. The van der Waals surface area contributed by atoms with Gasteiger partial charge < -0.3 is 14.6 Å². The Morgan fingerprint density at radius 1 is 1.31 bits per heavy atom. The quantitative estimate of drug-likeness (QED) is 0.660. The first kappa shape index (κ1) is 14.6. The molecular formula is C10H16O6. The van der Waals surface area contributed by atoms with E-state index in [-0.39, 0.29) is 0 Å². The van der Waals surface area contributed by atoms with E-state index in [0.717, 1.165) is 7.11 Å². The summed E-state index contributed by atoms with van der Waals surface area (Å²) in [7, 11) is 2.38. The van der Waals surface area contributed by atoms with E-state index >= 15 is 0 Å². The summed E-state index contributed by atoms with van der Waals surface area (Å²) in [5.74, 6) is -3.55. The standard InChI is InChI=1S/C10H16O6/c1-6(11)10(2,16-4)7(5-8(12)13)9(14)15-3/h7H,5H2,1-4H3,(H,12,13). The molecule has 0 aromatic rings. The number of ether oxygens (including phenoxy) is 2. The molecule has 2 atom stereocenters. The van der Waals surface area contributed by atoms with Gasteiger partial charge in [-0.05, 0) is 13.8 Å². The molecule has 16 heavy (non-hydrogen) atoms. The molecule has 0 aliphatic heterocycles. The van der Waals surface area contributed by atoms with Crippen molar-refractivity contribution in [2.75, 3.05) is 14.2 Å². The third kappa shape index (κ3) is 3.03. The maximum absolute atomic E-state index is 11.4. The molecule has 0 saturated carbocycles. The molecule has 0 aromatic carbocycles. The van der Waals surface area contributed by atoms with Crippen molar-refractivity contribution in [2.45, 2.75) is 25.9 Å². The van der Waals surface area contributed by atoms with Gasteiger partial charge in [0.25, 0.3) is 0 Å². The number of methoxy groups -OCH3 is 2. The first-order valence-electron chi connectivity index (χ1n) is 4.65. The van der Waals surface area contributed by atoms with Crippen molar-refractivity contribution in [1.29, 1.82) is 0 Å². The lowest BCUT2D eigenvalue weighted by Gasteiger charge is -2.31. The van der Waals surface area contributed by atoms with Crippen LogP contribution in [-0.4, -0.2) is 42.6 Å². The van der Waals surface area contributed by atoms with Crippen LogP contribution >= 0.6 is 0 Å². The summed E-state index contributed by atoms with van der Waals surface area (Å²) in [4.78, 5) is 33.5. The molecule has 0 bridgehead atoms. The van der Waals surface area contributed by atoms with Crippen LogP contribution in [0.3, 0.4) is 0 Å². The molecule has 92 valence electrons. The second-order valence-electron chi connectivity index (χ2n) is 3.54. The number of rotatable bonds is 6. The number of aliphatic carboxylic acids is 1. The van der Waals surface area contributed by atoms with Gasteiger partial charge in [0, 0.05) is 7.11 Å². The molecule has 0 amide bonds. The average Bonchev–Trinajstić information content (AvgIpc) is 2.23. The van der Waals surface area contributed by atoms with Crippen molar-refractivity contribution in [2.24, 2.45) is 5.92 Å². The summed E-state index contributed by atoms with van der Waals surface area (Å²) in [6.07, 6.45) is -0.517. The highest BCUT2D eigenvalue weighted by Crippen LogP contribution is 2.26. The van der Waals surface area contributed by atoms with Crippen LogP contribution in [-0.2, 0) is 23.9 Å². The molecule has 0 aliphatic carbocycles. The zero-order chi connectivity index (χ0) is 12.9. The largest absolute Gasteiger partial charge is 0.481 e. The molecule has 1 N–H and O–H groups in total. The van der Waals surface area contributed by atoms with Gasteiger partial charge in [0.1, 0.15) is 11.5 Å². The molecule has 0 radical (unpaired) electrons.